The van der Waals surface area contributed by atoms with Crippen molar-refractivity contribution in [2.75, 3.05) is 34.9 Å². The number of methoxy groups -OCH3 is 2. The second-order valence-corrected chi connectivity index (χ2v) is 5.54. The molecule has 0 amide bonds. The summed E-state index contributed by atoms with van der Waals surface area (Å²) in [5.74, 6) is 1.77. The second kappa shape index (κ2) is 7.32. The number of hydrogen-bond acceptors (Lipinski definition) is 3. The number of nitrogens with zero attached hydrogens (tertiary/aromatic N) is 1. The molecule has 1 aromatic rings. The summed E-state index contributed by atoms with van der Waals surface area (Å²) in [4.78, 5) is 2.22. The quantitative estimate of drug-likeness (QED) is 0.795. The molecule has 0 saturated carbocycles. The van der Waals surface area contributed by atoms with Gasteiger partial charge in [0.1, 0.15) is 11.5 Å². The van der Waals surface area contributed by atoms with Crippen LogP contribution >= 0.6 is 0 Å². The molecule has 1 aliphatic carbocycles. The Kier molecular flexibility index (Phi) is 5.45. The molecule has 0 aromatic heterocycles. The molecular formula is C18H25NO2. The fourth-order valence-corrected chi connectivity index (χ4v) is 2.61. The molecule has 0 radical (unpaired) electrons. The van der Waals surface area contributed by atoms with Crippen LogP contribution in [-0.2, 0) is 0 Å². The Morgan fingerprint density at radius 2 is 1.81 bits per heavy atom. The van der Waals surface area contributed by atoms with Crippen molar-refractivity contribution in [1.29, 1.82) is 0 Å². The van der Waals surface area contributed by atoms with Crippen molar-refractivity contribution in [2.45, 2.75) is 19.3 Å². The van der Waals surface area contributed by atoms with Gasteiger partial charge < -0.3 is 14.4 Å². The normalized spacial score (nSPS) is 14.7. The first-order valence-electron chi connectivity index (χ1n) is 7.42. The lowest BCUT2D eigenvalue weighted by Crippen LogP contribution is -2.14. The van der Waals surface area contributed by atoms with Crippen molar-refractivity contribution >= 4 is 5.57 Å². The fourth-order valence-electron chi connectivity index (χ4n) is 2.61. The van der Waals surface area contributed by atoms with Crippen LogP contribution in [0.2, 0.25) is 0 Å². The minimum Gasteiger partial charge on any atom is -0.497 e. The fraction of sp³-hybridized carbons (Fsp3) is 0.444. The van der Waals surface area contributed by atoms with Gasteiger partial charge in [0, 0.05) is 12.1 Å². The molecule has 0 spiro atoms. The summed E-state index contributed by atoms with van der Waals surface area (Å²) >= 11 is 0. The van der Waals surface area contributed by atoms with E-state index >= 15 is 0 Å². The Morgan fingerprint density at radius 3 is 2.48 bits per heavy atom. The Hall–Kier alpha value is -1.74. The van der Waals surface area contributed by atoms with Crippen molar-refractivity contribution in [3.8, 4) is 11.5 Å². The van der Waals surface area contributed by atoms with Crippen molar-refractivity contribution in [3.05, 3.63) is 41.5 Å². The highest BCUT2D eigenvalue weighted by molar-refractivity contribution is 5.83. The van der Waals surface area contributed by atoms with Crippen molar-refractivity contribution in [1.82, 2.24) is 4.90 Å². The third-order valence-corrected chi connectivity index (χ3v) is 3.78. The zero-order valence-electron chi connectivity index (χ0n) is 13.5. The number of rotatable bonds is 6. The van der Waals surface area contributed by atoms with Crippen LogP contribution in [0.4, 0.5) is 0 Å². The van der Waals surface area contributed by atoms with Crippen LogP contribution in [0, 0.1) is 0 Å². The molecule has 0 unspecified atom stereocenters. The van der Waals surface area contributed by atoms with Gasteiger partial charge in [-0.15, -0.1) is 0 Å². The molecule has 0 atom stereocenters. The SMILES string of the molecule is COc1ccc(OC)c(C2=CCCC=C2CCN(C)C)c1. The van der Waals surface area contributed by atoms with Gasteiger partial charge in [0.2, 0.25) is 0 Å². The van der Waals surface area contributed by atoms with Gasteiger partial charge in [0.05, 0.1) is 14.2 Å². The van der Waals surface area contributed by atoms with Crippen molar-refractivity contribution in [3.63, 3.8) is 0 Å². The largest absolute Gasteiger partial charge is 0.497 e. The van der Waals surface area contributed by atoms with Crippen molar-refractivity contribution < 1.29 is 9.47 Å². The van der Waals surface area contributed by atoms with E-state index in [4.69, 9.17) is 9.47 Å². The van der Waals surface area contributed by atoms with E-state index in [0.717, 1.165) is 42.9 Å². The van der Waals surface area contributed by atoms with Gasteiger partial charge in [0.25, 0.3) is 0 Å². The molecule has 0 N–H and O–H groups in total. The van der Waals surface area contributed by atoms with Gasteiger partial charge in [-0.3, -0.25) is 0 Å². The summed E-state index contributed by atoms with van der Waals surface area (Å²) in [7, 11) is 7.64. The molecule has 114 valence electrons. The Labute approximate surface area is 127 Å². The van der Waals surface area contributed by atoms with Crippen LogP contribution in [0.15, 0.2) is 35.9 Å². The Bertz CT molecular complexity index is 544. The highest BCUT2D eigenvalue weighted by Gasteiger charge is 2.16. The van der Waals surface area contributed by atoms with Gasteiger partial charge in [-0.25, -0.2) is 0 Å². The number of allylic oxidation sites excluding steroid dienone is 3. The summed E-state index contributed by atoms with van der Waals surface area (Å²) in [6, 6.07) is 5.99. The molecule has 0 heterocycles. The third-order valence-electron chi connectivity index (χ3n) is 3.78. The summed E-state index contributed by atoms with van der Waals surface area (Å²) in [5, 5.41) is 0. The van der Waals surface area contributed by atoms with Gasteiger partial charge in [0.15, 0.2) is 0 Å². The van der Waals surface area contributed by atoms with Crippen LogP contribution in [-0.4, -0.2) is 39.8 Å². The predicted molar refractivity (Wildman–Crippen MR) is 88.0 cm³/mol. The van der Waals surface area contributed by atoms with E-state index < -0.39 is 0 Å². The van der Waals surface area contributed by atoms with Gasteiger partial charge in [-0.05, 0) is 62.7 Å². The maximum atomic E-state index is 5.54. The monoisotopic (exact) mass is 287 g/mol. The minimum atomic E-state index is 0.865. The zero-order valence-corrected chi connectivity index (χ0v) is 13.5. The topological polar surface area (TPSA) is 21.7 Å². The first-order valence-corrected chi connectivity index (χ1v) is 7.42. The lowest BCUT2D eigenvalue weighted by atomic mass is 9.89. The molecule has 1 aliphatic rings. The highest BCUT2D eigenvalue weighted by Crippen LogP contribution is 2.37. The van der Waals surface area contributed by atoms with Crippen LogP contribution < -0.4 is 9.47 Å². The number of ether oxygens (including phenoxy) is 2. The van der Waals surface area contributed by atoms with E-state index in [1.54, 1.807) is 14.2 Å². The molecule has 0 saturated heterocycles. The molecule has 0 bridgehead atoms. The van der Waals surface area contributed by atoms with Crippen molar-refractivity contribution in [2.24, 2.45) is 0 Å². The van der Waals surface area contributed by atoms with E-state index in [1.807, 2.05) is 12.1 Å². The van der Waals surface area contributed by atoms with Crippen LogP contribution in [0.5, 0.6) is 11.5 Å². The summed E-state index contributed by atoms with van der Waals surface area (Å²) < 4.78 is 10.9. The molecule has 2 rings (SSSR count). The van der Waals surface area contributed by atoms with Gasteiger partial charge in [-0.1, -0.05) is 12.2 Å². The number of benzene rings is 1. The summed E-state index contributed by atoms with van der Waals surface area (Å²) in [6.07, 6.45) is 7.94. The zero-order chi connectivity index (χ0) is 15.2. The lowest BCUT2D eigenvalue weighted by molar-refractivity contribution is 0.401. The van der Waals surface area contributed by atoms with Gasteiger partial charge in [-0.2, -0.15) is 0 Å². The van der Waals surface area contributed by atoms with E-state index in [9.17, 15) is 0 Å². The third kappa shape index (κ3) is 3.88. The average Bonchev–Trinajstić information content (AvgIpc) is 2.52. The predicted octanol–water partition coefficient (Wildman–Crippen LogP) is 3.76. The molecule has 0 aliphatic heterocycles. The minimum absolute atomic E-state index is 0.865. The second-order valence-electron chi connectivity index (χ2n) is 5.54. The van der Waals surface area contributed by atoms with E-state index in [1.165, 1.54) is 11.1 Å². The Balaban J connectivity index is 2.33. The van der Waals surface area contributed by atoms with E-state index in [0.29, 0.717) is 0 Å². The Morgan fingerprint density at radius 1 is 1.05 bits per heavy atom. The summed E-state index contributed by atoms with van der Waals surface area (Å²) in [6.45, 7) is 1.05. The molecule has 3 heteroatoms. The van der Waals surface area contributed by atoms with Gasteiger partial charge >= 0.3 is 0 Å². The average molecular weight is 287 g/mol. The van der Waals surface area contributed by atoms with E-state index in [2.05, 4.69) is 37.2 Å². The molecule has 3 nitrogen and oxygen atoms in total. The van der Waals surface area contributed by atoms with E-state index in [-0.39, 0.29) is 0 Å². The molecular weight excluding hydrogens is 262 g/mol. The highest BCUT2D eigenvalue weighted by atomic mass is 16.5. The smallest absolute Gasteiger partial charge is 0.126 e. The maximum absolute atomic E-state index is 5.54. The number of hydrogen-bond donors (Lipinski definition) is 0. The molecule has 21 heavy (non-hydrogen) atoms. The lowest BCUT2D eigenvalue weighted by Gasteiger charge is -2.21. The molecule has 1 aromatic carbocycles. The van der Waals surface area contributed by atoms with Crippen LogP contribution in [0.3, 0.4) is 0 Å². The summed E-state index contributed by atoms with van der Waals surface area (Å²) in [5.41, 5.74) is 3.82. The van der Waals surface area contributed by atoms with Crippen LogP contribution in [0.1, 0.15) is 24.8 Å². The molecule has 0 fully saturated rings. The maximum Gasteiger partial charge on any atom is 0.126 e. The first-order chi connectivity index (χ1) is 10.2. The standard InChI is InChI=1S/C18H25NO2/c1-19(2)12-11-14-7-5-6-8-16(14)17-13-15(20-3)9-10-18(17)21-4/h7-10,13H,5-6,11-12H2,1-4H3. The first kappa shape index (κ1) is 15.6. The van der Waals surface area contributed by atoms with Crippen LogP contribution in [0.25, 0.3) is 5.57 Å².